The van der Waals surface area contributed by atoms with E-state index in [1.807, 2.05) is 14.1 Å². The highest BCUT2D eigenvalue weighted by molar-refractivity contribution is 5.94. The molecule has 5 nitrogen and oxygen atoms in total. The van der Waals surface area contributed by atoms with E-state index in [-0.39, 0.29) is 11.7 Å². The lowest BCUT2D eigenvalue weighted by molar-refractivity contribution is 0.0954. The molecule has 1 aromatic heterocycles. The van der Waals surface area contributed by atoms with Crippen LogP contribution in [-0.4, -0.2) is 49.5 Å². The Morgan fingerprint density at radius 2 is 1.92 bits per heavy atom. The van der Waals surface area contributed by atoms with Gasteiger partial charge in [-0.15, -0.1) is 0 Å². The first-order valence-corrected chi connectivity index (χ1v) is 7.92. The molecular formula is C18H23FN4O. The number of nitrogens with one attached hydrogen (secondary N) is 2. The van der Waals surface area contributed by atoms with Crippen molar-refractivity contribution in [2.45, 2.75) is 6.42 Å². The number of hydrogen-bond donors (Lipinski definition) is 2. The van der Waals surface area contributed by atoms with Gasteiger partial charge in [-0.05, 0) is 50.3 Å². The fourth-order valence-electron chi connectivity index (χ4n) is 2.15. The summed E-state index contributed by atoms with van der Waals surface area (Å²) in [6, 6.07) is 9.71. The average molecular weight is 330 g/mol. The zero-order valence-corrected chi connectivity index (χ0v) is 14.1. The van der Waals surface area contributed by atoms with Crippen LogP contribution in [0, 0.1) is 5.82 Å². The largest absolute Gasteiger partial charge is 0.369 e. The summed E-state index contributed by atoms with van der Waals surface area (Å²) in [6.07, 6.45) is 2.28. The molecule has 0 spiro atoms. The van der Waals surface area contributed by atoms with Gasteiger partial charge in [0.15, 0.2) is 0 Å². The Labute approximate surface area is 141 Å². The summed E-state index contributed by atoms with van der Waals surface area (Å²) >= 11 is 0. The molecule has 6 heteroatoms. The first-order chi connectivity index (χ1) is 11.5. The third-order valence-electron chi connectivity index (χ3n) is 3.50. The number of carbonyl (C=O) groups excluding carboxylic acids is 1. The van der Waals surface area contributed by atoms with Crippen LogP contribution in [0.2, 0.25) is 0 Å². The molecule has 128 valence electrons. The van der Waals surface area contributed by atoms with Crippen LogP contribution in [0.15, 0.2) is 42.6 Å². The van der Waals surface area contributed by atoms with Crippen molar-refractivity contribution in [3.05, 3.63) is 59.5 Å². The van der Waals surface area contributed by atoms with Gasteiger partial charge in [0.25, 0.3) is 5.91 Å². The fourth-order valence-corrected chi connectivity index (χ4v) is 2.15. The minimum absolute atomic E-state index is 0.143. The van der Waals surface area contributed by atoms with E-state index >= 15 is 0 Å². The molecule has 0 aliphatic carbocycles. The lowest BCUT2D eigenvalue weighted by Gasteiger charge is -2.11. The van der Waals surface area contributed by atoms with Crippen molar-refractivity contribution < 1.29 is 9.18 Å². The summed E-state index contributed by atoms with van der Waals surface area (Å²) < 4.78 is 12.8. The van der Waals surface area contributed by atoms with Crippen molar-refractivity contribution in [2.24, 2.45) is 0 Å². The maximum atomic E-state index is 12.8. The highest BCUT2D eigenvalue weighted by atomic mass is 19.1. The molecule has 2 N–H and O–H groups in total. The Morgan fingerprint density at radius 3 is 2.62 bits per heavy atom. The second kappa shape index (κ2) is 8.98. The van der Waals surface area contributed by atoms with Gasteiger partial charge in [0.1, 0.15) is 11.6 Å². The summed E-state index contributed by atoms with van der Waals surface area (Å²) in [4.78, 5) is 18.5. The van der Waals surface area contributed by atoms with Crippen molar-refractivity contribution in [2.75, 3.05) is 39.0 Å². The van der Waals surface area contributed by atoms with Crippen LogP contribution in [0.3, 0.4) is 0 Å². The normalized spacial score (nSPS) is 10.7. The number of hydrogen-bond acceptors (Lipinski definition) is 4. The van der Waals surface area contributed by atoms with Crippen LogP contribution in [0.25, 0.3) is 0 Å². The van der Waals surface area contributed by atoms with Gasteiger partial charge < -0.3 is 15.5 Å². The lowest BCUT2D eigenvalue weighted by atomic mass is 10.1. The fraction of sp³-hybridized carbons (Fsp3) is 0.333. The van der Waals surface area contributed by atoms with Gasteiger partial charge in [-0.25, -0.2) is 9.37 Å². The zero-order chi connectivity index (χ0) is 17.4. The zero-order valence-electron chi connectivity index (χ0n) is 14.1. The average Bonchev–Trinajstić information content (AvgIpc) is 2.56. The molecule has 2 aromatic rings. The molecular weight excluding hydrogens is 307 g/mol. The first-order valence-electron chi connectivity index (χ1n) is 7.92. The van der Waals surface area contributed by atoms with E-state index in [1.54, 1.807) is 30.5 Å². The maximum absolute atomic E-state index is 12.8. The molecule has 1 heterocycles. The Morgan fingerprint density at radius 1 is 1.17 bits per heavy atom. The molecule has 0 aliphatic heterocycles. The van der Waals surface area contributed by atoms with E-state index in [9.17, 15) is 9.18 Å². The van der Waals surface area contributed by atoms with Crippen molar-refractivity contribution >= 4 is 11.7 Å². The molecule has 2 rings (SSSR count). The number of nitrogens with zero attached hydrogens (tertiary/aromatic N) is 2. The van der Waals surface area contributed by atoms with E-state index < -0.39 is 0 Å². The number of anilines is 1. The van der Waals surface area contributed by atoms with Crippen LogP contribution >= 0.6 is 0 Å². The van der Waals surface area contributed by atoms with E-state index in [2.05, 4.69) is 20.5 Å². The molecule has 0 bridgehead atoms. The molecule has 0 radical (unpaired) electrons. The highest BCUT2D eigenvalue weighted by Gasteiger charge is 2.06. The summed E-state index contributed by atoms with van der Waals surface area (Å²) in [5, 5.41) is 6.06. The van der Waals surface area contributed by atoms with E-state index in [1.165, 1.54) is 12.1 Å². The van der Waals surface area contributed by atoms with Gasteiger partial charge in [0, 0.05) is 31.4 Å². The van der Waals surface area contributed by atoms with Gasteiger partial charge in [-0.3, -0.25) is 4.79 Å². The number of carbonyl (C=O) groups is 1. The molecule has 0 atom stereocenters. The number of rotatable bonds is 8. The summed E-state index contributed by atoms with van der Waals surface area (Å²) in [5.74, 6) is 0.284. The third-order valence-corrected chi connectivity index (χ3v) is 3.50. The van der Waals surface area contributed by atoms with Gasteiger partial charge >= 0.3 is 0 Å². The van der Waals surface area contributed by atoms with Crippen molar-refractivity contribution in [3.63, 3.8) is 0 Å². The highest BCUT2D eigenvalue weighted by Crippen LogP contribution is 2.07. The van der Waals surface area contributed by atoms with Crippen LogP contribution in [0.4, 0.5) is 10.2 Å². The van der Waals surface area contributed by atoms with E-state index in [4.69, 9.17) is 0 Å². The topological polar surface area (TPSA) is 57.3 Å². The quantitative estimate of drug-likeness (QED) is 0.779. The molecule has 0 aliphatic rings. The number of amides is 1. The first kappa shape index (κ1) is 17.9. The van der Waals surface area contributed by atoms with Gasteiger partial charge in [0.2, 0.25) is 0 Å². The van der Waals surface area contributed by atoms with Crippen molar-refractivity contribution in [3.8, 4) is 0 Å². The number of aromatic nitrogens is 1. The lowest BCUT2D eigenvalue weighted by Crippen LogP contribution is -2.26. The maximum Gasteiger partial charge on any atom is 0.251 e. The third kappa shape index (κ3) is 5.96. The van der Waals surface area contributed by atoms with Crippen molar-refractivity contribution in [1.82, 2.24) is 15.2 Å². The van der Waals surface area contributed by atoms with Crippen LogP contribution in [0.5, 0.6) is 0 Å². The Balaban J connectivity index is 1.82. The second-order valence-corrected chi connectivity index (χ2v) is 5.79. The Kier molecular flexibility index (Phi) is 6.69. The standard InChI is InChI=1S/C18H23FN4O/c1-23(2)12-11-21-17-13-15(8-10-20-17)18(24)22-9-7-14-3-5-16(19)6-4-14/h3-6,8,10,13H,7,9,11-12H2,1-2H3,(H,20,21)(H,22,24). The molecule has 0 saturated heterocycles. The number of halogens is 1. The minimum atomic E-state index is -0.256. The van der Waals surface area contributed by atoms with E-state index in [0.29, 0.717) is 24.3 Å². The summed E-state index contributed by atoms with van der Waals surface area (Å²) in [7, 11) is 4.00. The predicted octanol–water partition coefficient (Wildman–Crippen LogP) is 2.17. The molecule has 0 fully saturated rings. The minimum Gasteiger partial charge on any atom is -0.369 e. The van der Waals surface area contributed by atoms with Gasteiger partial charge in [0.05, 0.1) is 0 Å². The number of benzene rings is 1. The van der Waals surface area contributed by atoms with Crippen LogP contribution in [-0.2, 0) is 6.42 Å². The summed E-state index contributed by atoms with van der Waals surface area (Å²) in [5.41, 5.74) is 1.55. The number of likely N-dealkylation sites (N-methyl/N-ethyl adjacent to an activating group) is 1. The molecule has 24 heavy (non-hydrogen) atoms. The van der Waals surface area contributed by atoms with Crippen LogP contribution in [0.1, 0.15) is 15.9 Å². The van der Waals surface area contributed by atoms with Crippen molar-refractivity contribution in [1.29, 1.82) is 0 Å². The van der Waals surface area contributed by atoms with Gasteiger partial charge in [-0.1, -0.05) is 12.1 Å². The SMILES string of the molecule is CN(C)CCNc1cc(C(=O)NCCc2ccc(F)cc2)ccn1. The van der Waals surface area contributed by atoms with E-state index in [0.717, 1.165) is 18.7 Å². The Bertz CT molecular complexity index is 658. The van der Waals surface area contributed by atoms with Crippen LogP contribution < -0.4 is 10.6 Å². The number of pyridine rings is 1. The molecule has 1 amide bonds. The Hall–Kier alpha value is -2.47. The predicted molar refractivity (Wildman–Crippen MR) is 93.7 cm³/mol. The summed E-state index contributed by atoms with van der Waals surface area (Å²) in [6.45, 7) is 2.14. The molecule has 0 saturated carbocycles. The molecule has 1 aromatic carbocycles. The molecule has 0 unspecified atom stereocenters. The van der Waals surface area contributed by atoms with Gasteiger partial charge in [-0.2, -0.15) is 0 Å². The monoisotopic (exact) mass is 330 g/mol. The smallest absolute Gasteiger partial charge is 0.251 e. The second-order valence-electron chi connectivity index (χ2n) is 5.79.